The fourth-order valence-corrected chi connectivity index (χ4v) is 3.84. The van der Waals surface area contributed by atoms with Gasteiger partial charge in [-0.25, -0.2) is 0 Å². The maximum absolute atomic E-state index is 5.52. The van der Waals surface area contributed by atoms with Crippen LogP contribution in [0.5, 0.6) is 0 Å². The van der Waals surface area contributed by atoms with E-state index in [0.29, 0.717) is 6.04 Å². The summed E-state index contributed by atoms with van der Waals surface area (Å²) in [5.41, 5.74) is 0. The summed E-state index contributed by atoms with van der Waals surface area (Å²) in [6.45, 7) is 12.3. The van der Waals surface area contributed by atoms with Crippen molar-refractivity contribution in [2.45, 2.75) is 71.4 Å². The number of nitrogens with zero attached hydrogens (tertiary/aromatic N) is 1. The molecule has 1 saturated heterocycles. The van der Waals surface area contributed by atoms with Crippen LogP contribution in [0.25, 0.3) is 0 Å². The van der Waals surface area contributed by atoms with E-state index in [0.717, 1.165) is 50.7 Å². The lowest BCUT2D eigenvalue weighted by Crippen LogP contribution is -2.49. The first-order valence-corrected chi connectivity index (χ1v) is 9.20. The van der Waals surface area contributed by atoms with Gasteiger partial charge in [0.05, 0.1) is 13.2 Å². The monoisotopic (exact) mass is 296 g/mol. The predicted molar refractivity (Wildman–Crippen MR) is 89.7 cm³/mol. The van der Waals surface area contributed by atoms with Crippen LogP contribution in [-0.4, -0.2) is 49.8 Å². The first-order chi connectivity index (χ1) is 10.1. The molecule has 3 atom stereocenters. The van der Waals surface area contributed by atoms with Crippen molar-refractivity contribution in [3.63, 3.8) is 0 Å². The number of morpholine rings is 1. The summed E-state index contributed by atoms with van der Waals surface area (Å²) < 4.78 is 5.52. The zero-order valence-corrected chi connectivity index (χ0v) is 14.4. The molecule has 1 N–H and O–H groups in total. The number of ether oxygens (including phenoxy) is 1. The van der Waals surface area contributed by atoms with E-state index in [9.17, 15) is 0 Å². The first kappa shape index (κ1) is 17.2. The Balaban J connectivity index is 1.80. The van der Waals surface area contributed by atoms with Gasteiger partial charge in [-0.2, -0.15) is 0 Å². The van der Waals surface area contributed by atoms with Gasteiger partial charge in [0.25, 0.3) is 0 Å². The molecule has 124 valence electrons. The minimum Gasteiger partial charge on any atom is -0.379 e. The molecule has 2 fully saturated rings. The van der Waals surface area contributed by atoms with Crippen LogP contribution in [0, 0.1) is 11.8 Å². The van der Waals surface area contributed by atoms with Gasteiger partial charge in [-0.3, -0.25) is 4.90 Å². The quantitative estimate of drug-likeness (QED) is 0.761. The highest BCUT2D eigenvalue weighted by Crippen LogP contribution is 2.23. The van der Waals surface area contributed by atoms with Crippen molar-refractivity contribution in [3.05, 3.63) is 0 Å². The van der Waals surface area contributed by atoms with Gasteiger partial charge >= 0.3 is 0 Å². The standard InChI is InChI=1S/C18H36N2O/c1-15(2)13-18(20-9-11-21-12-10-20)14-19-17-6-4-5-16(3)7-8-17/h15-19H,4-14H2,1-3H3. The van der Waals surface area contributed by atoms with Crippen LogP contribution in [0.4, 0.5) is 0 Å². The average Bonchev–Trinajstić information content (AvgIpc) is 2.69. The molecule has 0 bridgehead atoms. The van der Waals surface area contributed by atoms with Gasteiger partial charge in [0.2, 0.25) is 0 Å². The summed E-state index contributed by atoms with van der Waals surface area (Å²) in [5, 5.41) is 3.90. The summed E-state index contributed by atoms with van der Waals surface area (Å²) in [4.78, 5) is 2.65. The van der Waals surface area contributed by atoms with E-state index in [4.69, 9.17) is 4.74 Å². The van der Waals surface area contributed by atoms with Gasteiger partial charge in [-0.05, 0) is 37.5 Å². The van der Waals surface area contributed by atoms with Crippen molar-refractivity contribution in [2.75, 3.05) is 32.8 Å². The smallest absolute Gasteiger partial charge is 0.0594 e. The molecular weight excluding hydrogens is 260 g/mol. The fourth-order valence-electron chi connectivity index (χ4n) is 3.84. The molecule has 0 aromatic carbocycles. The van der Waals surface area contributed by atoms with E-state index in [-0.39, 0.29) is 0 Å². The van der Waals surface area contributed by atoms with Crippen LogP contribution in [0.2, 0.25) is 0 Å². The van der Waals surface area contributed by atoms with Crippen LogP contribution >= 0.6 is 0 Å². The Morgan fingerprint density at radius 2 is 1.86 bits per heavy atom. The van der Waals surface area contributed by atoms with E-state index < -0.39 is 0 Å². The Morgan fingerprint density at radius 3 is 2.57 bits per heavy atom. The molecule has 1 aliphatic heterocycles. The summed E-state index contributed by atoms with van der Waals surface area (Å²) in [5.74, 6) is 1.70. The van der Waals surface area contributed by atoms with E-state index in [1.165, 1.54) is 38.5 Å². The molecular formula is C18H36N2O. The third-order valence-corrected chi connectivity index (χ3v) is 5.21. The maximum Gasteiger partial charge on any atom is 0.0594 e. The van der Waals surface area contributed by atoms with Gasteiger partial charge in [-0.15, -0.1) is 0 Å². The van der Waals surface area contributed by atoms with Crippen LogP contribution in [-0.2, 0) is 4.74 Å². The van der Waals surface area contributed by atoms with E-state index in [1.54, 1.807) is 0 Å². The molecule has 0 aromatic heterocycles. The topological polar surface area (TPSA) is 24.5 Å². The lowest BCUT2D eigenvalue weighted by Gasteiger charge is -2.36. The van der Waals surface area contributed by atoms with Crippen molar-refractivity contribution in [1.82, 2.24) is 10.2 Å². The summed E-state index contributed by atoms with van der Waals surface area (Å²) in [6, 6.07) is 1.44. The molecule has 0 spiro atoms. The lowest BCUT2D eigenvalue weighted by atomic mass is 10.0. The van der Waals surface area contributed by atoms with Crippen LogP contribution in [0.3, 0.4) is 0 Å². The number of rotatable bonds is 6. The van der Waals surface area contributed by atoms with Crippen molar-refractivity contribution >= 4 is 0 Å². The van der Waals surface area contributed by atoms with E-state index >= 15 is 0 Å². The minimum absolute atomic E-state index is 0.689. The Bertz CT molecular complexity index is 276. The van der Waals surface area contributed by atoms with E-state index in [2.05, 4.69) is 31.0 Å². The highest BCUT2D eigenvalue weighted by Gasteiger charge is 2.23. The predicted octanol–water partition coefficient (Wildman–Crippen LogP) is 3.29. The second-order valence-electron chi connectivity index (χ2n) is 7.65. The SMILES string of the molecule is CC(C)CC(CNC1CCCC(C)CC1)N1CCOCC1. The van der Waals surface area contributed by atoms with Crippen molar-refractivity contribution < 1.29 is 4.74 Å². The van der Waals surface area contributed by atoms with Crippen LogP contribution in [0.1, 0.15) is 59.3 Å². The molecule has 3 nitrogen and oxygen atoms in total. The van der Waals surface area contributed by atoms with Crippen LogP contribution in [0.15, 0.2) is 0 Å². The molecule has 0 radical (unpaired) electrons. The number of hydrogen-bond donors (Lipinski definition) is 1. The van der Waals surface area contributed by atoms with Crippen molar-refractivity contribution in [1.29, 1.82) is 0 Å². The van der Waals surface area contributed by atoms with Gasteiger partial charge in [0.1, 0.15) is 0 Å². The van der Waals surface area contributed by atoms with E-state index in [1.807, 2.05) is 0 Å². The Hall–Kier alpha value is -0.120. The molecule has 1 aliphatic carbocycles. The highest BCUT2D eigenvalue weighted by atomic mass is 16.5. The van der Waals surface area contributed by atoms with Gasteiger partial charge in [0.15, 0.2) is 0 Å². The Morgan fingerprint density at radius 1 is 1.10 bits per heavy atom. The molecule has 0 aromatic rings. The molecule has 1 heterocycles. The second kappa shape index (κ2) is 9.12. The fraction of sp³-hybridized carbons (Fsp3) is 1.00. The second-order valence-corrected chi connectivity index (χ2v) is 7.65. The summed E-state index contributed by atoms with van der Waals surface area (Å²) in [7, 11) is 0. The molecule has 0 amide bonds. The number of nitrogens with one attached hydrogen (secondary N) is 1. The normalized spacial score (nSPS) is 30.3. The van der Waals surface area contributed by atoms with Gasteiger partial charge in [0, 0.05) is 31.7 Å². The average molecular weight is 296 g/mol. The number of hydrogen-bond acceptors (Lipinski definition) is 3. The molecule has 2 aliphatic rings. The minimum atomic E-state index is 0.689. The maximum atomic E-state index is 5.52. The first-order valence-electron chi connectivity index (χ1n) is 9.20. The zero-order chi connectivity index (χ0) is 15.1. The van der Waals surface area contributed by atoms with Gasteiger partial charge < -0.3 is 10.1 Å². The highest BCUT2D eigenvalue weighted by molar-refractivity contribution is 4.81. The van der Waals surface area contributed by atoms with Gasteiger partial charge in [-0.1, -0.05) is 33.6 Å². The lowest BCUT2D eigenvalue weighted by molar-refractivity contribution is 0.0117. The van der Waals surface area contributed by atoms with Crippen molar-refractivity contribution in [2.24, 2.45) is 11.8 Å². The molecule has 3 heteroatoms. The molecule has 1 saturated carbocycles. The van der Waals surface area contributed by atoms with Crippen molar-refractivity contribution in [3.8, 4) is 0 Å². The third kappa shape index (κ3) is 6.25. The summed E-state index contributed by atoms with van der Waals surface area (Å²) >= 11 is 0. The molecule has 2 rings (SSSR count). The molecule has 21 heavy (non-hydrogen) atoms. The zero-order valence-electron chi connectivity index (χ0n) is 14.4. The molecule has 3 unspecified atom stereocenters. The Kier molecular flexibility index (Phi) is 7.48. The third-order valence-electron chi connectivity index (χ3n) is 5.21. The summed E-state index contributed by atoms with van der Waals surface area (Å²) in [6.07, 6.45) is 8.29. The largest absolute Gasteiger partial charge is 0.379 e. The van der Waals surface area contributed by atoms with Crippen LogP contribution < -0.4 is 5.32 Å². The Labute approximate surface area is 131 Å².